The number of rotatable bonds is 11. The van der Waals surface area contributed by atoms with Crippen molar-refractivity contribution in [2.24, 2.45) is 11.3 Å². The molecule has 0 aromatic heterocycles. The van der Waals surface area contributed by atoms with Crippen LogP contribution in [0.25, 0.3) is 0 Å². The number of hydrogen-bond acceptors (Lipinski definition) is 6. The Morgan fingerprint density at radius 3 is 2.43 bits per heavy atom. The molecule has 49 heavy (non-hydrogen) atoms. The quantitative estimate of drug-likeness (QED) is 0.165. The first-order valence-electron chi connectivity index (χ1n) is 16.3. The average Bonchev–Trinajstić information content (AvgIpc) is 3.99. The summed E-state index contributed by atoms with van der Waals surface area (Å²) in [7, 11) is 0. The van der Waals surface area contributed by atoms with E-state index in [9.17, 15) is 23.3 Å². The lowest BCUT2D eigenvalue weighted by Crippen LogP contribution is -2.61. The van der Waals surface area contributed by atoms with Crippen LogP contribution in [-0.2, 0) is 38.7 Å². The number of halogens is 2. The monoisotopic (exact) mass is 706 g/mol. The summed E-state index contributed by atoms with van der Waals surface area (Å²) in [5.74, 6) is -1.02. The topological polar surface area (TPSA) is 123 Å². The van der Waals surface area contributed by atoms with Crippen LogP contribution >= 0.6 is 11.6 Å². The molecule has 0 saturated heterocycles. The maximum Gasteiger partial charge on any atom is 0.287 e. The minimum atomic E-state index is -1.54. The Labute approximate surface area is 293 Å². The number of carbonyl (C=O) groups excluding carboxylic acids is 3. The molecule has 2 aliphatic carbocycles. The maximum atomic E-state index is 14.6. The highest BCUT2D eigenvalue weighted by Gasteiger charge is 2.62. The highest BCUT2D eigenvalue weighted by Crippen LogP contribution is 2.45. The lowest BCUT2D eigenvalue weighted by Gasteiger charge is -2.41. The molecule has 1 heterocycles. The van der Waals surface area contributed by atoms with Crippen molar-refractivity contribution in [3.05, 3.63) is 101 Å². The number of anilines is 1. The average molecular weight is 707 g/mol. The summed E-state index contributed by atoms with van der Waals surface area (Å²) in [6, 6.07) is 16.5. The number of hydrogen-bond donors (Lipinski definition) is 3. The Balaban J connectivity index is 1.31. The number of benzene rings is 3. The first-order valence-corrected chi connectivity index (χ1v) is 17.9. The van der Waals surface area contributed by atoms with Crippen molar-refractivity contribution < 1.29 is 28.1 Å². The number of nitrogens with one attached hydrogen (secondary N) is 3. The molecule has 3 aromatic rings. The van der Waals surface area contributed by atoms with Crippen molar-refractivity contribution in [3.8, 4) is 11.5 Å². The predicted molar refractivity (Wildman–Crippen MR) is 188 cm³/mol. The van der Waals surface area contributed by atoms with Gasteiger partial charge < -0.3 is 24.8 Å². The Hall–Kier alpha value is -4.06. The van der Waals surface area contributed by atoms with Gasteiger partial charge in [-0.1, -0.05) is 50.6 Å². The van der Waals surface area contributed by atoms with E-state index in [-0.39, 0.29) is 30.0 Å². The van der Waals surface area contributed by atoms with Gasteiger partial charge >= 0.3 is 0 Å². The summed E-state index contributed by atoms with van der Waals surface area (Å²) in [4.78, 5) is 43.9. The second kappa shape index (κ2) is 13.7. The van der Waals surface area contributed by atoms with Crippen LogP contribution in [0.15, 0.2) is 79.4 Å². The third-order valence-electron chi connectivity index (χ3n) is 9.26. The lowest BCUT2D eigenvalue weighted by molar-refractivity contribution is -0.145. The molecule has 0 radical (unpaired) electrons. The normalized spacial score (nSPS) is 22.6. The molecule has 9 nitrogen and oxygen atoms in total. The molecule has 3 aliphatic rings. The maximum absolute atomic E-state index is 14.6. The van der Waals surface area contributed by atoms with E-state index in [1.54, 1.807) is 53.4 Å². The van der Waals surface area contributed by atoms with Crippen molar-refractivity contribution in [2.45, 2.75) is 75.9 Å². The van der Waals surface area contributed by atoms with Gasteiger partial charge in [0.05, 0.1) is 11.4 Å². The molecule has 1 unspecified atom stereocenters. The number of carbonyl (C=O) groups is 3. The molecule has 6 rings (SSSR count). The van der Waals surface area contributed by atoms with E-state index in [0.717, 1.165) is 24.0 Å². The van der Waals surface area contributed by atoms with E-state index in [0.29, 0.717) is 28.6 Å². The van der Waals surface area contributed by atoms with Crippen LogP contribution in [0.2, 0.25) is 5.02 Å². The second-order valence-corrected chi connectivity index (χ2v) is 16.0. The van der Waals surface area contributed by atoms with Gasteiger partial charge in [-0.15, -0.1) is 6.58 Å². The van der Waals surface area contributed by atoms with Gasteiger partial charge in [-0.05, 0) is 77.6 Å². The minimum Gasteiger partial charge on any atom is -0.593 e. The van der Waals surface area contributed by atoms with Crippen LogP contribution in [-0.4, -0.2) is 50.0 Å². The van der Waals surface area contributed by atoms with Crippen LogP contribution in [0.5, 0.6) is 11.5 Å². The predicted octanol–water partition coefficient (Wildman–Crippen LogP) is 6.05. The molecule has 3 N–H and O–H groups in total. The molecule has 0 bridgehead atoms. The lowest BCUT2D eigenvalue weighted by atomic mass is 9.84. The van der Waals surface area contributed by atoms with E-state index in [1.807, 2.05) is 32.9 Å². The van der Waals surface area contributed by atoms with Crippen molar-refractivity contribution in [1.82, 2.24) is 14.9 Å². The van der Waals surface area contributed by atoms with Crippen LogP contribution in [0.3, 0.4) is 0 Å². The molecule has 1 aliphatic heterocycles. The summed E-state index contributed by atoms with van der Waals surface area (Å²) >= 11 is 4.61. The van der Waals surface area contributed by atoms with Gasteiger partial charge in [-0.2, -0.15) is 4.72 Å². The van der Waals surface area contributed by atoms with Gasteiger partial charge in [0.15, 0.2) is 0 Å². The smallest absolute Gasteiger partial charge is 0.287 e. The summed E-state index contributed by atoms with van der Waals surface area (Å²) in [6.45, 7) is 9.70. The fourth-order valence-electron chi connectivity index (χ4n) is 6.17. The van der Waals surface area contributed by atoms with E-state index in [4.69, 9.17) is 16.3 Å². The Morgan fingerprint density at radius 1 is 1.08 bits per heavy atom. The van der Waals surface area contributed by atoms with Gasteiger partial charge in [0.25, 0.3) is 5.91 Å². The zero-order valence-electron chi connectivity index (χ0n) is 27.6. The Bertz CT molecular complexity index is 1760. The molecule has 2 fully saturated rings. The third kappa shape index (κ3) is 7.74. The Morgan fingerprint density at radius 2 is 1.80 bits per heavy atom. The molecular weight excluding hydrogens is 667 g/mol. The van der Waals surface area contributed by atoms with Gasteiger partial charge in [-0.25, -0.2) is 4.39 Å². The van der Waals surface area contributed by atoms with Crippen molar-refractivity contribution in [1.29, 1.82) is 0 Å². The largest absolute Gasteiger partial charge is 0.593 e. The van der Waals surface area contributed by atoms with E-state index in [2.05, 4.69) is 21.9 Å². The number of nitrogens with zero attached hydrogens (tertiary/aromatic N) is 1. The van der Waals surface area contributed by atoms with E-state index < -0.39 is 52.0 Å². The van der Waals surface area contributed by atoms with Gasteiger partial charge in [0.1, 0.15) is 40.2 Å². The molecule has 2 saturated carbocycles. The zero-order valence-corrected chi connectivity index (χ0v) is 29.2. The van der Waals surface area contributed by atoms with Crippen molar-refractivity contribution in [2.75, 3.05) is 5.32 Å². The number of amides is 3. The first-order chi connectivity index (χ1) is 23.3. The SMILES string of the molecule is C=C[C@@H]1C[C@]1(NC(=O)[C@@H]1Cc2cc(Oc3cccc(Cl)c3)ccc2CN1C(=O)[C@@H](Nc1ccc(F)cc1)C(C)(C)C)C(=O)N[S+]([O-])C1CC1. The third-order valence-corrected chi connectivity index (χ3v) is 11.0. The van der Waals surface area contributed by atoms with Crippen LogP contribution in [0.4, 0.5) is 10.1 Å². The molecule has 258 valence electrons. The van der Waals surface area contributed by atoms with E-state index in [1.165, 1.54) is 12.1 Å². The van der Waals surface area contributed by atoms with Crippen molar-refractivity contribution >= 4 is 46.4 Å². The molecule has 0 spiro atoms. The van der Waals surface area contributed by atoms with E-state index >= 15 is 0 Å². The standard InChI is InChI=1S/C37H40ClFN4O5S/c1-5-24-20-37(24,35(46)42-49(47)30-15-16-30)41-33(44)31-18-23-17-29(48-28-8-6-7-25(38)19-28)14-9-22(23)21-43(31)34(45)32(36(2,3)4)40-27-12-10-26(39)11-13-27/h5-14,17,19,24,30-32,40H,1,15-16,18,20-21H2,2-4H3,(H,41,44)(H,42,46)/t24-,31+,32-,37-,49?/m1/s1. The van der Waals surface area contributed by atoms with Crippen LogP contribution in [0.1, 0.15) is 51.2 Å². The number of fused-ring (bicyclic) bond motifs is 1. The van der Waals surface area contributed by atoms with Crippen molar-refractivity contribution in [3.63, 3.8) is 0 Å². The summed E-state index contributed by atoms with van der Waals surface area (Å²) < 4.78 is 35.0. The van der Waals surface area contributed by atoms with Gasteiger partial charge in [0, 0.05) is 42.4 Å². The zero-order chi connectivity index (χ0) is 35.1. The summed E-state index contributed by atoms with van der Waals surface area (Å²) in [6.07, 6.45) is 3.62. The molecule has 3 amide bonds. The molecular formula is C37H40ClFN4O5S. The second-order valence-electron chi connectivity index (χ2n) is 14.1. The van der Waals surface area contributed by atoms with Crippen LogP contribution in [0, 0.1) is 17.2 Å². The minimum absolute atomic E-state index is 0.0770. The van der Waals surface area contributed by atoms with Gasteiger partial charge in [0.2, 0.25) is 11.8 Å². The fourth-order valence-corrected chi connectivity index (χ4v) is 7.44. The van der Waals surface area contributed by atoms with Crippen LogP contribution < -0.4 is 20.1 Å². The Kier molecular flexibility index (Phi) is 9.72. The summed E-state index contributed by atoms with van der Waals surface area (Å²) in [5, 5.41) is 6.67. The summed E-state index contributed by atoms with van der Waals surface area (Å²) in [5.41, 5.74) is 0.285. The molecule has 5 atom stereocenters. The highest BCUT2D eigenvalue weighted by atomic mass is 35.5. The first kappa shape index (κ1) is 34.8. The number of ether oxygens (including phenoxy) is 1. The molecule has 3 aromatic carbocycles. The highest BCUT2D eigenvalue weighted by molar-refractivity contribution is 7.90. The molecule has 12 heteroatoms. The van der Waals surface area contributed by atoms with Gasteiger partial charge in [-0.3, -0.25) is 14.4 Å². The fraction of sp³-hybridized carbons (Fsp3) is 0.378.